The van der Waals surface area contributed by atoms with Crippen LogP contribution < -0.4 is 16.1 Å². The van der Waals surface area contributed by atoms with E-state index in [9.17, 15) is 12.8 Å². The zero-order chi connectivity index (χ0) is 30.2. The van der Waals surface area contributed by atoms with Crippen LogP contribution in [0.5, 0.6) is 0 Å². The van der Waals surface area contributed by atoms with Gasteiger partial charge >= 0.3 is 0 Å². The van der Waals surface area contributed by atoms with E-state index in [0.29, 0.717) is 41.0 Å². The van der Waals surface area contributed by atoms with Crippen molar-refractivity contribution in [2.24, 2.45) is 5.10 Å². The van der Waals surface area contributed by atoms with E-state index >= 15 is 0 Å². The number of nitrogens with zero attached hydrogens (tertiary/aromatic N) is 4. The van der Waals surface area contributed by atoms with Crippen LogP contribution in [-0.4, -0.2) is 41.9 Å². The molecule has 3 aromatic carbocycles. The predicted molar refractivity (Wildman–Crippen MR) is 169 cm³/mol. The van der Waals surface area contributed by atoms with Crippen LogP contribution in [0.25, 0.3) is 11.1 Å². The van der Waals surface area contributed by atoms with E-state index < -0.39 is 9.84 Å². The molecule has 0 aliphatic heterocycles. The summed E-state index contributed by atoms with van der Waals surface area (Å²) in [6.45, 7) is 2.37. The molecule has 0 aliphatic carbocycles. The van der Waals surface area contributed by atoms with Gasteiger partial charge in [-0.15, -0.1) is 0 Å². The minimum atomic E-state index is -3.32. The van der Waals surface area contributed by atoms with E-state index in [1.165, 1.54) is 18.4 Å². The Hall–Kier alpha value is -5.16. The minimum absolute atomic E-state index is 0.227. The highest BCUT2D eigenvalue weighted by Gasteiger charge is 2.18. The second-order valence-electron chi connectivity index (χ2n) is 9.76. The lowest BCUT2D eigenvalue weighted by Crippen LogP contribution is -2.12. The maximum Gasteiger partial charge on any atom is 0.231 e. The second kappa shape index (κ2) is 13.2. The molecule has 0 amide bonds. The normalized spacial score (nSPS) is 11.7. The Bertz CT molecular complexity index is 1820. The first-order valence-corrected chi connectivity index (χ1v) is 15.4. The fraction of sp³-hybridized carbons (Fsp3) is 0.125. The summed E-state index contributed by atoms with van der Waals surface area (Å²) in [5, 5.41) is 11.2. The predicted octanol–water partition coefficient (Wildman–Crippen LogP) is 6.32. The zero-order valence-electron chi connectivity index (χ0n) is 23.6. The number of rotatable bonds is 11. The van der Waals surface area contributed by atoms with E-state index in [1.54, 1.807) is 55.7 Å². The largest absolute Gasteiger partial charge is 0.369 e. The third kappa shape index (κ3) is 7.77. The average Bonchev–Trinajstić information content (AvgIpc) is 3.01. The van der Waals surface area contributed by atoms with Gasteiger partial charge < -0.3 is 10.6 Å². The summed E-state index contributed by atoms with van der Waals surface area (Å²) in [6.07, 6.45) is 5.40. The second-order valence-corrected chi connectivity index (χ2v) is 11.8. The lowest BCUT2D eigenvalue weighted by atomic mass is 10.1. The van der Waals surface area contributed by atoms with Gasteiger partial charge in [-0.3, -0.25) is 10.4 Å². The first-order valence-electron chi connectivity index (χ1n) is 13.5. The van der Waals surface area contributed by atoms with Gasteiger partial charge in [0.15, 0.2) is 15.7 Å². The molecule has 0 saturated carbocycles. The highest BCUT2D eigenvalue weighted by atomic mass is 32.2. The number of benzene rings is 3. The molecule has 2 heterocycles. The average molecular weight is 596 g/mol. The Balaban J connectivity index is 1.54. The molecule has 0 spiro atoms. The monoisotopic (exact) mass is 595 g/mol. The summed E-state index contributed by atoms with van der Waals surface area (Å²) >= 11 is 0. The third-order valence-corrected chi connectivity index (χ3v) is 7.69. The molecule has 0 saturated heterocycles. The van der Waals surface area contributed by atoms with Gasteiger partial charge in [0.05, 0.1) is 16.2 Å². The summed E-state index contributed by atoms with van der Waals surface area (Å²) in [4.78, 5) is 13.8. The quantitative estimate of drug-likeness (QED) is 0.120. The van der Waals surface area contributed by atoms with Crippen LogP contribution in [-0.2, 0) is 16.3 Å². The first kappa shape index (κ1) is 29.3. The Morgan fingerprint density at radius 3 is 2.21 bits per heavy atom. The molecule has 2 aromatic heterocycles. The van der Waals surface area contributed by atoms with Crippen molar-refractivity contribution in [1.29, 1.82) is 0 Å². The van der Waals surface area contributed by atoms with Gasteiger partial charge in [0.2, 0.25) is 5.95 Å². The number of hydrogen-bond acceptors (Lipinski definition) is 9. The highest BCUT2D eigenvalue weighted by molar-refractivity contribution is 7.90. The number of hydrazone groups is 1. The maximum absolute atomic E-state index is 13.9. The lowest BCUT2D eigenvalue weighted by molar-refractivity contribution is 0.602. The van der Waals surface area contributed by atoms with Crippen LogP contribution >= 0.6 is 0 Å². The van der Waals surface area contributed by atoms with Crippen LogP contribution in [0.2, 0.25) is 0 Å². The topological polar surface area (TPSA) is 121 Å². The number of anilines is 4. The van der Waals surface area contributed by atoms with Crippen LogP contribution in [0.1, 0.15) is 18.1 Å². The fourth-order valence-electron chi connectivity index (χ4n) is 4.29. The van der Waals surface area contributed by atoms with Gasteiger partial charge in [0.1, 0.15) is 11.6 Å². The summed E-state index contributed by atoms with van der Waals surface area (Å²) in [7, 11) is -3.32. The van der Waals surface area contributed by atoms with Crippen molar-refractivity contribution in [1.82, 2.24) is 15.0 Å². The molecule has 5 aromatic rings. The van der Waals surface area contributed by atoms with Gasteiger partial charge in [-0.1, -0.05) is 42.5 Å². The van der Waals surface area contributed by atoms with E-state index in [2.05, 4.69) is 26.1 Å². The van der Waals surface area contributed by atoms with E-state index in [1.807, 2.05) is 42.5 Å². The molecule has 0 atom stereocenters. The first-order chi connectivity index (χ1) is 20.8. The molecule has 43 heavy (non-hydrogen) atoms. The molecule has 218 valence electrons. The van der Waals surface area contributed by atoms with Crippen molar-refractivity contribution < 1.29 is 12.8 Å². The molecule has 9 nitrogen and oxygen atoms in total. The molecule has 0 bridgehead atoms. The van der Waals surface area contributed by atoms with Crippen LogP contribution in [0, 0.1) is 5.82 Å². The molecule has 0 fully saturated rings. The number of para-hydroxylation sites is 1. The highest BCUT2D eigenvalue weighted by Crippen LogP contribution is 2.35. The Labute approximate surface area is 249 Å². The van der Waals surface area contributed by atoms with Crippen molar-refractivity contribution in [3.8, 4) is 11.1 Å². The third-order valence-electron chi connectivity index (χ3n) is 6.56. The molecular weight excluding hydrogens is 565 g/mol. The van der Waals surface area contributed by atoms with Gasteiger partial charge in [0, 0.05) is 30.9 Å². The Morgan fingerprint density at radius 1 is 0.860 bits per heavy atom. The number of hydrogen-bond donors (Lipinski definition) is 3. The van der Waals surface area contributed by atoms with Crippen molar-refractivity contribution in [2.45, 2.75) is 18.2 Å². The van der Waals surface area contributed by atoms with E-state index in [4.69, 9.17) is 9.97 Å². The van der Waals surface area contributed by atoms with Crippen molar-refractivity contribution >= 4 is 38.8 Å². The number of nitrogens with one attached hydrogen (secondary N) is 3. The SMILES string of the molecule is CC(=NNc1nc(Nc2ccccc2)nc(NCCc2ccncc2)c1-c1ccc(F)cc1)c1ccc(S(C)(=O)=O)cc1. The summed E-state index contributed by atoms with van der Waals surface area (Å²) < 4.78 is 37.7. The summed E-state index contributed by atoms with van der Waals surface area (Å²) in [6, 6.07) is 26.0. The number of halogens is 1. The number of sulfone groups is 1. The van der Waals surface area contributed by atoms with Gasteiger partial charge in [-0.25, -0.2) is 12.8 Å². The number of pyridine rings is 1. The number of aromatic nitrogens is 3. The molecular formula is C32H30FN7O2S. The van der Waals surface area contributed by atoms with Crippen LogP contribution in [0.3, 0.4) is 0 Å². The molecule has 11 heteroatoms. The zero-order valence-corrected chi connectivity index (χ0v) is 24.4. The molecule has 0 unspecified atom stereocenters. The van der Waals surface area contributed by atoms with Crippen LogP contribution in [0.15, 0.2) is 113 Å². The van der Waals surface area contributed by atoms with E-state index in [0.717, 1.165) is 23.2 Å². The van der Waals surface area contributed by atoms with Gasteiger partial charge in [0.25, 0.3) is 0 Å². The Morgan fingerprint density at radius 2 is 1.53 bits per heavy atom. The summed E-state index contributed by atoms with van der Waals surface area (Å²) in [5.41, 5.74) is 7.63. The Kier molecular flexibility index (Phi) is 9.02. The van der Waals surface area contributed by atoms with Crippen molar-refractivity contribution in [3.05, 3.63) is 120 Å². The van der Waals surface area contributed by atoms with Crippen molar-refractivity contribution in [2.75, 3.05) is 28.9 Å². The standard InChI is InChI=1S/C32H30FN7O2S/c1-22(24-10-14-28(15-11-24)43(2,41)42)39-40-31-29(25-8-12-26(33)13-9-25)30(35-21-18-23-16-19-34-20-17-23)37-32(38-31)36-27-6-4-3-5-7-27/h3-17,19-20H,18,21H2,1-2H3,(H3,35,36,37,38,40). The molecule has 5 rings (SSSR count). The lowest BCUT2D eigenvalue weighted by Gasteiger charge is -2.17. The summed E-state index contributed by atoms with van der Waals surface area (Å²) in [5.74, 6) is 0.886. The van der Waals surface area contributed by atoms with E-state index in [-0.39, 0.29) is 10.7 Å². The molecule has 3 N–H and O–H groups in total. The molecule has 0 aliphatic rings. The van der Waals surface area contributed by atoms with Gasteiger partial charge in [-0.2, -0.15) is 15.1 Å². The molecule has 0 radical (unpaired) electrons. The van der Waals surface area contributed by atoms with Crippen molar-refractivity contribution in [3.63, 3.8) is 0 Å². The van der Waals surface area contributed by atoms with Gasteiger partial charge in [-0.05, 0) is 78.6 Å². The smallest absolute Gasteiger partial charge is 0.231 e. The minimum Gasteiger partial charge on any atom is -0.369 e. The maximum atomic E-state index is 13.9. The van der Waals surface area contributed by atoms with Crippen LogP contribution in [0.4, 0.5) is 27.7 Å². The fourth-order valence-corrected chi connectivity index (χ4v) is 4.92.